The second kappa shape index (κ2) is 4.90. The number of carbonyl (C=O) groups is 2. The number of rotatable bonds is 5. The summed E-state index contributed by atoms with van der Waals surface area (Å²) in [5.41, 5.74) is 5.62. The van der Waals surface area contributed by atoms with Crippen molar-refractivity contribution < 1.29 is 14.7 Å². The molecule has 6 nitrogen and oxygen atoms in total. The van der Waals surface area contributed by atoms with Crippen LogP contribution in [0.3, 0.4) is 0 Å². The number of nitrogens with one attached hydrogen (secondary N) is 1. The molecule has 1 aromatic heterocycles. The molecule has 0 saturated heterocycles. The third kappa shape index (κ3) is 2.93. The summed E-state index contributed by atoms with van der Waals surface area (Å²) in [4.78, 5) is 27.2. The SMILES string of the molecule is Cc1nc(CNC(=O)C(C)(N)C2CC2)sc1C(=O)O. The molecular weight excluding hydrogens is 266 g/mol. The Morgan fingerprint density at radius 1 is 1.58 bits per heavy atom. The summed E-state index contributed by atoms with van der Waals surface area (Å²) in [5.74, 6) is -0.950. The number of aromatic carboxylic acids is 1. The fourth-order valence-corrected chi connectivity index (χ4v) is 2.78. The van der Waals surface area contributed by atoms with Crippen molar-refractivity contribution in [3.63, 3.8) is 0 Å². The molecule has 1 fully saturated rings. The van der Waals surface area contributed by atoms with Gasteiger partial charge in [-0.05, 0) is 32.6 Å². The average molecular weight is 283 g/mol. The third-order valence-corrected chi connectivity index (χ3v) is 4.50. The Morgan fingerprint density at radius 3 is 2.68 bits per heavy atom. The van der Waals surface area contributed by atoms with Gasteiger partial charge < -0.3 is 16.2 Å². The monoisotopic (exact) mass is 283 g/mol. The van der Waals surface area contributed by atoms with E-state index >= 15 is 0 Å². The standard InChI is InChI=1S/C12H17N3O3S/c1-6-9(10(16)17)19-8(15-6)5-14-11(18)12(2,13)7-3-4-7/h7H,3-5,13H2,1-2H3,(H,14,18)(H,16,17). The topological polar surface area (TPSA) is 105 Å². The van der Waals surface area contributed by atoms with Crippen molar-refractivity contribution in [2.75, 3.05) is 0 Å². The lowest BCUT2D eigenvalue weighted by atomic mass is 9.96. The zero-order chi connectivity index (χ0) is 14.2. The van der Waals surface area contributed by atoms with Gasteiger partial charge in [0.05, 0.1) is 17.8 Å². The fourth-order valence-electron chi connectivity index (χ4n) is 1.94. The third-order valence-electron chi connectivity index (χ3n) is 3.35. The van der Waals surface area contributed by atoms with E-state index in [9.17, 15) is 9.59 Å². The summed E-state index contributed by atoms with van der Waals surface area (Å²) >= 11 is 1.08. The number of thiazole rings is 1. The molecule has 0 bridgehead atoms. The molecule has 1 atom stereocenters. The normalized spacial score (nSPS) is 17.8. The van der Waals surface area contributed by atoms with Gasteiger partial charge in [-0.2, -0.15) is 0 Å². The van der Waals surface area contributed by atoms with Crippen LogP contribution in [0.2, 0.25) is 0 Å². The molecule has 1 unspecified atom stereocenters. The molecule has 19 heavy (non-hydrogen) atoms. The summed E-state index contributed by atoms with van der Waals surface area (Å²) in [6, 6.07) is 0. The highest BCUT2D eigenvalue weighted by molar-refractivity contribution is 7.13. The van der Waals surface area contributed by atoms with Crippen LogP contribution in [-0.2, 0) is 11.3 Å². The molecule has 1 saturated carbocycles. The number of carboxylic acid groups (broad SMARTS) is 1. The van der Waals surface area contributed by atoms with Gasteiger partial charge >= 0.3 is 5.97 Å². The molecule has 1 aliphatic rings. The maximum Gasteiger partial charge on any atom is 0.347 e. The number of carboxylic acids is 1. The van der Waals surface area contributed by atoms with E-state index in [0.29, 0.717) is 10.7 Å². The first-order chi connectivity index (χ1) is 8.82. The lowest BCUT2D eigenvalue weighted by Crippen LogP contribution is -2.53. The number of amides is 1. The quantitative estimate of drug-likeness (QED) is 0.744. The molecule has 104 valence electrons. The summed E-state index contributed by atoms with van der Waals surface area (Å²) < 4.78 is 0. The van der Waals surface area contributed by atoms with Crippen LogP contribution in [-0.4, -0.2) is 27.5 Å². The van der Waals surface area contributed by atoms with E-state index in [1.54, 1.807) is 13.8 Å². The van der Waals surface area contributed by atoms with Crippen molar-refractivity contribution in [3.05, 3.63) is 15.6 Å². The van der Waals surface area contributed by atoms with Crippen LogP contribution in [0.25, 0.3) is 0 Å². The zero-order valence-electron chi connectivity index (χ0n) is 10.9. The Hall–Kier alpha value is -1.47. The van der Waals surface area contributed by atoms with Gasteiger partial charge in [0.1, 0.15) is 9.88 Å². The minimum Gasteiger partial charge on any atom is -0.477 e. The van der Waals surface area contributed by atoms with Crippen molar-refractivity contribution in [2.24, 2.45) is 11.7 Å². The van der Waals surface area contributed by atoms with Crippen LogP contribution in [0.5, 0.6) is 0 Å². The van der Waals surface area contributed by atoms with Gasteiger partial charge in [0.25, 0.3) is 0 Å². The number of aromatic nitrogens is 1. The first-order valence-corrected chi connectivity index (χ1v) is 6.90. The first-order valence-electron chi connectivity index (χ1n) is 6.09. The van der Waals surface area contributed by atoms with Crippen molar-refractivity contribution in [1.29, 1.82) is 0 Å². The molecule has 1 heterocycles. The molecule has 4 N–H and O–H groups in total. The predicted molar refractivity (Wildman–Crippen MR) is 71.0 cm³/mol. The molecule has 0 spiro atoms. The van der Waals surface area contributed by atoms with Crippen molar-refractivity contribution in [2.45, 2.75) is 38.8 Å². The van der Waals surface area contributed by atoms with E-state index in [-0.39, 0.29) is 23.2 Å². The maximum atomic E-state index is 12.0. The van der Waals surface area contributed by atoms with E-state index < -0.39 is 11.5 Å². The minimum absolute atomic E-state index is 0.209. The second-order valence-corrected chi connectivity index (χ2v) is 6.15. The number of carbonyl (C=O) groups excluding carboxylic acids is 1. The number of aryl methyl sites for hydroxylation is 1. The molecule has 0 aromatic carbocycles. The van der Waals surface area contributed by atoms with Crippen LogP contribution >= 0.6 is 11.3 Å². The molecule has 1 amide bonds. The van der Waals surface area contributed by atoms with Crippen LogP contribution in [0.4, 0.5) is 0 Å². The van der Waals surface area contributed by atoms with Crippen LogP contribution < -0.4 is 11.1 Å². The molecular formula is C12H17N3O3S. The fraction of sp³-hybridized carbons (Fsp3) is 0.583. The van der Waals surface area contributed by atoms with Crippen LogP contribution in [0.1, 0.15) is 40.1 Å². The van der Waals surface area contributed by atoms with E-state index in [1.165, 1.54) is 0 Å². The van der Waals surface area contributed by atoms with E-state index in [1.807, 2.05) is 0 Å². The Labute approximate surface area is 115 Å². The number of nitrogens with zero attached hydrogens (tertiary/aromatic N) is 1. The van der Waals surface area contributed by atoms with E-state index in [4.69, 9.17) is 10.8 Å². The van der Waals surface area contributed by atoms with Gasteiger partial charge in [0.2, 0.25) is 5.91 Å². The molecule has 2 rings (SSSR count). The zero-order valence-corrected chi connectivity index (χ0v) is 11.7. The van der Waals surface area contributed by atoms with Gasteiger partial charge in [-0.15, -0.1) is 11.3 Å². The second-order valence-electron chi connectivity index (χ2n) is 5.07. The Kier molecular flexibility index (Phi) is 3.60. The Balaban J connectivity index is 1.97. The average Bonchev–Trinajstić information content (AvgIpc) is 3.10. The van der Waals surface area contributed by atoms with Gasteiger partial charge in [-0.25, -0.2) is 9.78 Å². The van der Waals surface area contributed by atoms with Crippen LogP contribution in [0, 0.1) is 12.8 Å². The first kappa shape index (κ1) is 14.0. The lowest BCUT2D eigenvalue weighted by Gasteiger charge is -2.22. The predicted octanol–water partition coefficient (Wildman–Crippen LogP) is 0.893. The molecule has 7 heteroatoms. The number of nitrogens with two attached hydrogens (primary N) is 1. The summed E-state index contributed by atoms with van der Waals surface area (Å²) in [5, 5.41) is 12.2. The van der Waals surface area contributed by atoms with Crippen LogP contribution in [0.15, 0.2) is 0 Å². The van der Waals surface area contributed by atoms with E-state index in [0.717, 1.165) is 24.2 Å². The van der Waals surface area contributed by atoms with Gasteiger partial charge in [0.15, 0.2) is 0 Å². The summed E-state index contributed by atoms with van der Waals surface area (Å²) in [6.07, 6.45) is 1.97. The number of hydrogen-bond acceptors (Lipinski definition) is 5. The van der Waals surface area contributed by atoms with Gasteiger partial charge in [-0.3, -0.25) is 4.79 Å². The highest BCUT2D eigenvalue weighted by atomic mass is 32.1. The summed E-state index contributed by atoms with van der Waals surface area (Å²) in [6.45, 7) is 3.59. The highest BCUT2D eigenvalue weighted by Gasteiger charge is 2.43. The minimum atomic E-state index is -0.991. The van der Waals surface area contributed by atoms with Crippen molar-refractivity contribution in [1.82, 2.24) is 10.3 Å². The van der Waals surface area contributed by atoms with E-state index in [2.05, 4.69) is 10.3 Å². The van der Waals surface area contributed by atoms with Gasteiger partial charge in [0, 0.05) is 0 Å². The largest absolute Gasteiger partial charge is 0.477 e. The lowest BCUT2D eigenvalue weighted by molar-refractivity contribution is -0.126. The molecule has 1 aliphatic carbocycles. The molecule has 1 aromatic rings. The molecule has 0 aliphatic heterocycles. The highest BCUT2D eigenvalue weighted by Crippen LogP contribution is 2.38. The smallest absolute Gasteiger partial charge is 0.347 e. The van der Waals surface area contributed by atoms with Gasteiger partial charge in [-0.1, -0.05) is 0 Å². The Morgan fingerprint density at radius 2 is 2.21 bits per heavy atom. The number of hydrogen-bond donors (Lipinski definition) is 3. The molecule has 0 radical (unpaired) electrons. The summed E-state index contributed by atoms with van der Waals surface area (Å²) in [7, 11) is 0. The van der Waals surface area contributed by atoms with Crippen molar-refractivity contribution >= 4 is 23.2 Å². The Bertz CT molecular complexity index is 520. The maximum absolute atomic E-state index is 12.0. The van der Waals surface area contributed by atoms with Crippen molar-refractivity contribution in [3.8, 4) is 0 Å².